The second-order valence-corrected chi connectivity index (χ2v) is 7.02. The number of benzene rings is 1. The van der Waals surface area contributed by atoms with Gasteiger partial charge in [0.1, 0.15) is 11.1 Å². The van der Waals surface area contributed by atoms with Crippen LogP contribution >= 0.6 is 23.4 Å². The number of carbonyl (C=O) groups excluding carboxylic acids is 1. The molecule has 0 amide bonds. The van der Waals surface area contributed by atoms with E-state index >= 15 is 0 Å². The predicted molar refractivity (Wildman–Crippen MR) is 104 cm³/mol. The highest BCUT2D eigenvalue weighted by atomic mass is 35.5. The van der Waals surface area contributed by atoms with Crippen molar-refractivity contribution in [2.24, 2.45) is 0 Å². The fourth-order valence-corrected chi connectivity index (χ4v) is 3.31. The van der Waals surface area contributed by atoms with Gasteiger partial charge in [0, 0.05) is 10.6 Å². The summed E-state index contributed by atoms with van der Waals surface area (Å²) in [7, 11) is 0. The Morgan fingerprint density at radius 2 is 2.07 bits per heavy atom. The number of aromatic nitrogens is 3. The lowest BCUT2D eigenvalue weighted by atomic mass is 10.1. The first kappa shape index (κ1) is 19.9. The average Bonchev–Trinajstić information content (AvgIpc) is 3.16. The second-order valence-electron chi connectivity index (χ2n) is 5.62. The van der Waals surface area contributed by atoms with Crippen molar-refractivity contribution in [3.05, 3.63) is 58.0 Å². The fraction of sp³-hybridized carbons (Fsp3) is 0.211. The summed E-state index contributed by atoms with van der Waals surface area (Å²) < 4.78 is 10.3. The third kappa shape index (κ3) is 4.50. The van der Waals surface area contributed by atoms with E-state index in [4.69, 9.17) is 20.9 Å². The first-order valence-corrected chi connectivity index (χ1v) is 9.68. The third-order valence-electron chi connectivity index (χ3n) is 3.69. The first-order valence-electron chi connectivity index (χ1n) is 8.32. The van der Waals surface area contributed by atoms with Gasteiger partial charge in [0.25, 0.3) is 5.89 Å². The number of pyridine rings is 1. The van der Waals surface area contributed by atoms with Crippen LogP contribution in [0.5, 0.6) is 0 Å². The van der Waals surface area contributed by atoms with Gasteiger partial charge in [0.15, 0.2) is 5.82 Å². The van der Waals surface area contributed by atoms with Gasteiger partial charge in [-0.25, -0.2) is 9.78 Å². The summed E-state index contributed by atoms with van der Waals surface area (Å²) in [5.74, 6) is 0.713. The lowest BCUT2D eigenvalue weighted by molar-refractivity contribution is 0.0524. The molecule has 0 aliphatic rings. The van der Waals surface area contributed by atoms with E-state index in [1.54, 1.807) is 38.1 Å². The van der Waals surface area contributed by atoms with Crippen LogP contribution in [0.25, 0.3) is 11.5 Å². The highest BCUT2D eigenvalue weighted by molar-refractivity contribution is 7.98. The van der Waals surface area contributed by atoms with Crippen LogP contribution in [-0.4, -0.2) is 27.7 Å². The average molecular weight is 415 g/mol. The molecular formula is C19H15ClN4O3S. The van der Waals surface area contributed by atoms with Crippen LogP contribution in [0.3, 0.4) is 0 Å². The number of esters is 1. The summed E-state index contributed by atoms with van der Waals surface area (Å²) >= 11 is 7.17. The molecule has 0 fully saturated rings. The largest absolute Gasteiger partial charge is 0.462 e. The minimum absolute atomic E-state index is 0.254. The Morgan fingerprint density at radius 1 is 1.32 bits per heavy atom. The van der Waals surface area contributed by atoms with Crippen LogP contribution in [0.15, 0.2) is 39.9 Å². The quantitative estimate of drug-likeness (QED) is 0.431. The normalized spacial score (nSPS) is 10.5. The van der Waals surface area contributed by atoms with Crippen molar-refractivity contribution in [2.75, 3.05) is 6.61 Å². The molecule has 0 aliphatic heterocycles. The summed E-state index contributed by atoms with van der Waals surface area (Å²) in [6, 6.07) is 10.6. The van der Waals surface area contributed by atoms with Crippen LogP contribution < -0.4 is 0 Å². The monoisotopic (exact) mass is 414 g/mol. The zero-order valence-electron chi connectivity index (χ0n) is 15.1. The van der Waals surface area contributed by atoms with Crippen LogP contribution in [0.1, 0.15) is 34.4 Å². The van der Waals surface area contributed by atoms with Crippen LogP contribution in [0.4, 0.5) is 0 Å². The number of hydrogen-bond acceptors (Lipinski definition) is 8. The van der Waals surface area contributed by atoms with Gasteiger partial charge in [-0.1, -0.05) is 28.5 Å². The molecule has 0 unspecified atom stereocenters. The van der Waals surface area contributed by atoms with Crippen LogP contribution in [0, 0.1) is 18.3 Å². The molecule has 0 N–H and O–H groups in total. The molecule has 3 rings (SSSR count). The van der Waals surface area contributed by atoms with E-state index in [9.17, 15) is 10.1 Å². The molecule has 0 atom stereocenters. The Morgan fingerprint density at radius 3 is 2.75 bits per heavy atom. The molecular weight excluding hydrogens is 400 g/mol. The molecule has 0 saturated heterocycles. The van der Waals surface area contributed by atoms with Crippen molar-refractivity contribution in [1.29, 1.82) is 5.26 Å². The van der Waals surface area contributed by atoms with Gasteiger partial charge in [-0.15, -0.1) is 0 Å². The van der Waals surface area contributed by atoms with E-state index in [1.807, 2.05) is 0 Å². The fourth-order valence-electron chi connectivity index (χ4n) is 2.34. The molecule has 2 heterocycles. The molecule has 0 spiro atoms. The predicted octanol–water partition coefficient (Wildman–Crippen LogP) is 4.43. The number of carbonyl (C=O) groups is 1. The molecule has 7 nitrogen and oxygen atoms in total. The molecule has 0 bridgehead atoms. The smallest absolute Gasteiger partial charge is 0.340 e. The number of nitrogens with zero attached hydrogens (tertiary/aromatic N) is 4. The van der Waals surface area contributed by atoms with Crippen LogP contribution in [-0.2, 0) is 10.5 Å². The number of thioether (sulfide) groups is 1. The highest BCUT2D eigenvalue weighted by Crippen LogP contribution is 2.27. The van der Waals surface area contributed by atoms with Crippen molar-refractivity contribution in [2.45, 2.75) is 24.6 Å². The van der Waals surface area contributed by atoms with Crippen molar-refractivity contribution < 1.29 is 14.1 Å². The standard InChI is InChI=1S/C19H15ClN4O3S/c1-3-26-19(25)15-8-13(9-21)18(22-11(15)2)28-10-16-23-17(27-24-16)12-4-6-14(20)7-5-12/h4-8H,3,10H2,1-2H3. The number of ether oxygens (including phenoxy) is 1. The lowest BCUT2D eigenvalue weighted by Crippen LogP contribution is -2.09. The van der Waals surface area contributed by atoms with Gasteiger partial charge in [0.2, 0.25) is 0 Å². The Balaban J connectivity index is 1.76. The van der Waals surface area contributed by atoms with Crippen molar-refractivity contribution in [3.8, 4) is 17.5 Å². The Labute approximate surface area is 170 Å². The van der Waals surface area contributed by atoms with Gasteiger partial charge in [-0.3, -0.25) is 0 Å². The van der Waals surface area contributed by atoms with Crippen molar-refractivity contribution in [3.63, 3.8) is 0 Å². The summed E-state index contributed by atoms with van der Waals surface area (Å²) in [4.78, 5) is 20.7. The van der Waals surface area contributed by atoms with Gasteiger partial charge in [-0.05, 0) is 44.2 Å². The summed E-state index contributed by atoms with van der Waals surface area (Å²) in [6.45, 7) is 3.67. The molecule has 142 valence electrons. The van der Waals surface area contributed by atoms with E-state index in [-0.39, 0.29) is 12.2 Å². The highest BCUT2D eigenvalue weighted by Gasteiger charge is 2.17. The van der Waals surface area contributed by atoms with Crippen molar-refractivity contribution >= 4 is 29.3 Å². The van der Waals surface area contributed by atoms with Crippen LogP contribution in [0.2, 0.25) is 5.02 Å². The molecule has 0 radical (unpaired) electrons. The Hall–Kier alpha value is -2.89. The maximum absolute atomic E-state index is 12.0. The Bertz CT molecular complexity index is 1040. The van der Waals surface area contributed by atoms with E-state index in [2.05, 4.69) is 21.2 Å². The molecule has 3 aromatic rings. The molecule has 2 aromatic heterocycles. The minimum Gasteiger partial charge on any atom is -0.462 e. The SMILES string of the molecule is CCOC(=O)c1cc(C#N)c(SCc2noc(-c3ccc(Cl)cc3)n2)nc1C. The molecule has 0 saturated carbocycles. The maximum atomic E-state index is 12.0. The van der Waals surface area contributed by atoms with E-state index in [0.717, 1.165) is 5.56 Å². The second kappa shape index (κ2) is 8.87. The van der Waals surface area contributed by atoms with E-state index < -0.39 is 5.97 Å². The van der Waals surface area contributed by atoms with Gasteiger partial charge in [-0.2, -0.15) is 10.2 Å². The number of nitriles is 1. The minimum atomic E-state index is -0.494. The van der Waals surface area contributed by atoms with Crippen molar-refractivity contribution in [1.82, 2.24) is 15.1 Å². The summed E-state index contributed by atoms with van der Waals surface area (Å²) in [5.41, 5.74) is 1.83. The number of hydrogen-bond donors (Lipinski definition) is 0. The molecule has 9 heteroatoms. The van der Waals surface area contributed by atoms with E-state index in [1.165, 1.54) is 17.8 Å². The van der Waals surface area contributed by atoms with Gasteiger partial charge < -0.3 is 9.26 Å². The molecule has 28 heavy (non-hydrogen) atoms. The zero-order valence-corrected chi connectivity index (χ0v) is 16.7. The van der Waals surface area contributed by atoms with E-state index in [0.29, 0.717) is 38.8 Å². The maximum Gasteiger partial charge on any atom is 0.340 e. The first-order chi connectivity index (χ1) is 13.5. The number of aryl methyl sites for hydroxylation is 1. The zero-order chi connectivity index (χ0) is 20.1. The van der Waals surface area contributed by atoms with Gasteiger partial charge in [0.05, 0.1) is 29.2 Å². The Kier molecular flexibility index (Phi) is 6.29. The topological polar surface area (TPSA) is 102 Å². The molecule has 1 aromatic carbocycles. The van der Waals surface area contributed by atoms with Gasteiger partial charge >= 0.3 is 5.97 Å². The summed E-state index contributed by atoms with van der Waals surface area (Å²) in [6.07, 6.45) is 0. The molecule has 0 aliphatic carbocycles. The summed E-state index contributed by atoms with van der Waals surface area (Å²) in [5, 5.41) is 14.5. The third-order valence-corrected chi connectivity index (χ3v) is 4.93. The number of rotatable bonds is 6. The lowest BCUT2D eigenvalue weighted by Gasteiger charge is -2.08. The number of halogens is 1.